The van der Waals surface area contributed by atoms with Crippen LogP contribution in [0.3, 0.4) is 0 Å². The highest BCUT2D eigenvalue weighted by Gasteiger charge is 2.17. The zero-order valence-corrected chi connectivity index (χ0v) is 11.7. The Balaban J connectivity index is 2.80. The topological polar surface area (TPSA) is 84.1 Å². The number of rotatable bonds is 4. The van der Waals surface area contributed by atoms with Crippen LogP contribution in [0.25, 0.3) is 0 Å². The van der Waals surface area contributed by atoms with Crippen LogP contribution in [0.4, 0.5) is 11.6 Å². The van der Waals surface area contributed by atoms with E-state index in [0.29, 0.717) is 22.7 Å². The van der Waals surface area contributed by atoms with Crippen molar-refractivity contribution in [3.8, 4) is 0 Å². The molecule has 1 aromatic rings. The fraction of sp³-hybridized carbons (Fsp3) is 0.500. The molecule has 0 saturated heterocycles. The molecular formula is C10H16BrN5O. The summed E-state index contributed by atoms with van der Waals surface area (Å²) in [4.78, 5) is 21.3. The van der Waals surface area contributed by atoms with Crippen LogP contribution in [0.15, 0.2) is 10.8 Å². The number of nitrogens with zero attached hydrogens (tertiary/aromatic N) is 3. The minimum atomic E-state index is -0.131. The Morgan fingerprint density at radius 2 is 2.29 bits per heavy atom. The fourth-order valence-corrected chi connectivity index (χ4v) is 1.97. The molecule has 1 aromatic heterocycles. The van der Waals surface area contributed by atoms with E-state index in [9.17, 15) is 4.79 Å². The van der Waals surface area contributed by atoms with E-state index >= 15 is 0 Å². The molecule has 0 aliphatic heterocycles. The van der Waals surface area contributed by atoms with E-state index in [4.69, 9.17) is 5.73 Å². The molecule has 1 unspecified atom stereocenters. The maximum atomic E-state index is 11.4. The lowest BCUT2D eigenvalue weighted by Crippen LogP contribution is -2.34. The average Bonchev–Trinajstić information content (AvgIpc) is 2.31. The van der Waals surface area contributed by atoms with Crippen molar-refractivity contribution in [2.75, 3.05) is 31.3 Å². The molecule has 0 fully saturated rings. The number of halogens is 1. The lowest BCUT2D eigenvalue weighted by molar-refractivity contribution is -0.123. The van der Waals surface area contributed by atoms with Crippen molar-refractivity contribution in [3.63, 3.8) is 0 Å². The van der Waals surface area contributed by atoms with Gasteiger partial charge in [-0.3, -0.25) is 4.79 Å². The summed E-state index contributed by atoms with van der Waals surface area (Å²) in [5, 5.41) is 2.61. The molecule has 0 bridgehead atoms. The van der Waals surface area contributed by atoms with Crippen molar-refractivity contribution in [1.82, 2.24) is 15.3 Å². The van der Waals surface area contributed by atoms with E-state index in [1.807, 2.05) is 18.9 Å². The predicted octanol–water partition coefficient (Wildman–Crippen LogP) is 0.640. The minimum Gasteiger partial charge on any atom is -0.383 e. The number of nitrogen functional groups attached to an aromatic ring is 1. The fourth-order valence-electron chi connectivity index (χ4n) is 1.47. The second-order valence-corrected chi connectivity index (χ2v) is 4.59. The summed E-state index contributed by atoms with van der Waals surface area (Å²) in [6.45, 7) is 2.41. The van der Waals surface area contributed by atoms with Crippen molar-refractivity contribution >= 4 is 33.5 Å². The SMILES string of the molecule is CNC(=O)C(C)CN(C)c1ncnc(N)c1Br. The van der Waals surface area contributed by atoms with Gasteiger partial charge in [0.15, 0.2) is 0 Å². The van der Waals surface area contributed by atoms with E-state index in [1.54, 1.807) is 7.05 Å². The van der Waals surface area contributed by atoms with Gasteiger partial charge in [-0.15, -0.1) is 0 Å². The van der Waals surface area contributed by atoms with Crippen LogP contribution < -0.4 is 16.0 Å². The summed E-state index contributed by atoms with van der Waals surface area (Å²) >= 11 is 3.33. The number of hydrogen-bond donors (Lipinski definition) is 2. The Labute approximate surface area is 109 Å². The number of amides is 1. The van der Waals surface area contributed by atoms with Crippen LogP contribution >= 0.6 is 15.9 Å². The number of anilines is 2. The second-order valence-electron chi connectivity index (χ2n) is 3.79. The van der Waals surface area contributed by atoms with Gasteiger partial charge in [-0.2, -0.15) is 0 Å². The Hall–Kier alpha value is -1.37. The standard InChI is InChI=1S/C10H16BrN5O/c1-6(10(17)13-2)4-16(3)9-7(11)8(12)14-5-15-9/h5-6H,4H2,1-3H3,(H,13,17)(H2,12,14,15). The molecule has 0 aliphatic carbocycles. The van der Waals surface area contributed by atoms with E-state index < -0.39 is 0 Å². The molecule has 1 rings (SSSR count). The van der Waals surface area contributed by atoms with Gasteiger partial charge in [0.25, 0.3) is 0 Å². The number of carbonyl (C=O) groups excluding carboxylic acids is 1. The third-order valence-electron chi connectivity index (χ3n) is 2.40. The van der Waals surface area contributed by atoms with Crippen molar-refractivity contribution in [2.24, 2.45) is 5.92 Å². The molecule has 0 saturated carbocycles. The Bertz CT molecular complexity index is 412. The smallest absolute Gasteiger partial charge is 0.224 e. The van der Waals surface area contributed by atoms with Gasteiger partial charge >= 0.3 is 0 Å². The number of hydrogen-bond acceptors (Lipinski definition) is 5. The highest BCUT2D eigenvalue weighted by atomic mass is 79.9. The van der Waals surface area contributed by atoms with Gasteiger partial charge in [-0.1, -0.05) is 6.92 Å². The van der Waals surface area contributed by atoms with Gasteiger partial charge in [-0.05, 0) is 15.9 Å². The van der Waals surface area contributed by atoms with Crippen LogP contribution in [0.1, 0.15) is 6.92 Å². The van der Waals surface area contributed by atoms with E-state index in [-0.39, 0.29) is 11.8 Å². The van der Waals surface area contributed by atoms with Crippen molar-refractivity contribution in [1.29, 1.82) is 0 Å². The normalized spacial score (nSPS) is 12.0. The van der Waals surface area contributed by atoms with Gasteiger partial charge in [0.2, 0.25) is 5.91 Å². The highest BCUT2D eigenvalue weighted by molar-refractivity contribution is 9.10. The molecule has 0 radical (unpaired) electrons. The molecule has 17 heavy (non-hydrogen) atoms. The first kappa shape index (κ1) is 13.7. The average molecular weight is 302 g/mol. The molecule has 1 amide bonds. The first-order chi connectivity index (χ1) is 7.97. The monoisotopic (exact) mass is 301 g/mol. The number of aromatic nitrogens is 2. The van der Waals surface area contributed by atoms with Crippen molar-refractivity contribution < 1.29 is 4.79 Å². The molecule has 7 heteroatoms. The maximum Gasteiger partial charge on any atom is 0.224 e. The number of nitrogens with one attached hydrogen (secondary N) is 1. The van der Waals surface area contributed by atoms with E-state index in [1.165, 1.54) is 6.33 Å². The first-order valence-electron chi connectivity index (χ1n) is 5.16. The van der Waals surface area contributed by atoms with Crippen LogP contribution in [0.5, 0.6) is 0 Å². The molecule has 1 heterocycles. The van der Waals surface area contributed by atoms with E-state index in [0.717, 1.165) is 0 Å². The van der Waals surface area contributed by atoms with Crippen LogP contribution in [0.2, 0.25) is 0 Å². The van der Waals surface area contributed by atoms with Crippen molar-refractivity contribution in [3.05, 3.63) is 10.8 Å². The Morgan fingerprint density at radius 1 is 1.65 bits per heavy atom. The van der Waals surface area contributed by atoms with E-state index in [2.05, 4.69) is 31.2 Å². The molecule has 0 aliphatic rings. The molecular weight excluding hydrogens is 286 g/mol. The summed E-state index contributed by atoms with van der Waals surface area (Å²) < 4.78 is 0.645. The predicted molar refractivity (Wildman–Crippen MR) is 70.6 cm³/mol. The van der Waals surface area contributed by atoms with Crippen molar-refractivity contribution in [2.45, 2.75) is 6.92 Å². The molecule has 1 atom stereocenters. The quantitative estimate of drug-likeness (QED) is 0.852. The number of nitrogens with two attached hydrogens (primary N) is 1. The summed E-state index contributed by atoms with van der Waals surface area (Å²) in [7, 11) is 3.48. The summed E-state index contributed by atoms with van der Waals surface area (Å²) in [6.07, 6.45) is 1.40. The van der Waals surface area contributed by atoms with Gasteiger partial charge in [0.1, 0.15) is 22.4 Å². The molecule has 0 aromatic carbocycles. The van der Waals surface area contributed by atoms with Crippen LogP contribution in [-0.2, 0) is 4.79 Å². The summed E-state index contributed by atoms with van der Waals surface area (Å²) in [5.41, 5.74) is 5.67. The zero-order chi connectivity index (χ0) is 13.0. The second kappa shape index (κ2) is 5.81. The molecule has 94 valence electrons. The van der Waals surface area contributed by atoms with Gasteiger partial charge < -0.3 is 16.0 Å². The minimum absolute atomic E-state index is 0.00463. The summed E-state index contributed by atoms with van der Waals surface area (Å²) in [5.74, 6) is 0.922. The van der Waals surface area contributed by atoms with Gasteiger partial charge in [0.05, 0.1) is 5.92 Å². The molecule has 3 N–H and O–H groups in total. The number of carbonyl (C=O) groups is 1. The van der Waals surface area contributed by atoms with Gasteiger partial charge in [0, 0.05) is 20.6 Å². The lowest BCUT2D eigenvalue weighted by Gasteiger charge is -2.22. The largest absolute Gasteiger partial charge is 0.383 e. The van der Waals surface area contributed by atoms with Crippen LogP contribution in [-0.4, -0.2) is 36.5 Å². The lowest BCUT2D eigenvalue weighted by atomic mass is 10.1. The van der Waals surface area contributed by atoms with Crippen LogP contribution in [0, 0.1) is 5.92 Å². The molecule has 0 spiro atoms. The third-order valence-corrected chi connectivity index (χ3v) is 3.16. The highest BCUT2D eigenvalue weighted by Crippen LogP contribution is 2.26. The first-order valence-corrected chi connectivity index (χ1v) is 5.95. The van der Waals surface area contributed by atoms with Gasteiger partial charge in [-0.25, -0.2) is 9.97 Å². The Kier molecular flexibility index (Phi) is 4.68. The summed E-state index contributed by atoms with van der Waals surface area (Å²) in [6, 6.07) is 0. The third kappa shape index (κ3) is 3.29. The maximum absolute atomic E-state index is 11.4. The zero-order valence-electron chi connectivity index (χ0n) is 10.1. The Morgan fingerprint density at radius 3 is 2.88 bits per heavy atom. The molecule has 6 nitrogen and oxygen atoms in total.